The van der Waals surface area contributed by atoms with Crippen molar-refractivity contribution in [2.45, 2.75) is 19.1 Å². The average Bonchev–Trinajstić information content (AvgIpc) is 3.09. The molecule has 0 unspecified atom stereocenters. The van der Waals surface area contributed by atoms with Crippen LogP contribution in [0.15, 0.2) is 78.9 Å². The molecule has 1 aromatic heterocycles. The van der Waals surface area contributed by atoms with E-state index in [4.69, 9.17) is 0 Å². The lowest BCUT2D eigenvalue weighted by molar-refractivity contribution is 0.112. The highest BCUT2D eigenvalue weighted by Gasteiger charge is 2.39. The maximum Gasteiger partial charge on any atom is 0.173 e. The third-order valence-corrected chi connectivity index (χ3v) is 4.74. The molecule has 0 aliphatic rings. The van der Waals surface area contributed by atoms with Crippen molar-refractivity contribution in [2.24, 2.45) is 0 Å². The predicted octanol–water partition coefficient (Wildman–Crippen LogP) is 4.48. The third kappa shape index (κ3) is 2.42. The molecule has 130 valence electrons. The minimum Gasteiger partial charge on any atom is -0.373 e. The molecule has 0 amide bonds. The van der Waals surface area contributed by atoms with E-state index in [1.807, 2.05) is 67.6 Å². The molecule has 3 nitrogen and oxygen atoms in total. The summed E-state index contributed by atoms with van der Waals surface area (Å²) in [5, 5.41) is 11.9. The van der Waals surface area contributed by atoms with Gasteiger partial charge >= 0.3 is 0 Å². The summed E-state index contributed by atoms with van der Waals surface area (Å²) in [5.41, 5.74) is 0.847. The SMILES string of the molecule is CCn1c(C(O)(c2ccccc2)c2ccccc2)nc2cccc(F)c21. The van der Waals surface area contributed by atoms with E-state index in [0.717, 1.165) is 0 Å². The van der Waals surface area contributed by atoms with Gasteiger partial charge in [-0.05, 0) is 30.2 Å². The molecule has 0 spiro atoms. The molecule has 0 saturated carbocycles. The Balaban J connectivity index is 2.09. The van der Waals surface area contributed by atoms with Crippen LogP contribution in [0, 0.1) is 5.82 Å². The van der Waals surface area contributed by atoms with E-state index in [9.17, 15) is 9.50 Å². The van der Waals surface area contributed by atoms with Crippen LogP contribution in [0.1, 0.15) is 23.9 Å². The van der Waals surface area contributed by atoms with Crippen LogP contribution in [0.4, 0.5) is 4.39 Å². The smallest absolute Gasteiger partial charge is 0.173 e. The highest BCUT2D eigenvalue weighted by molar-refractivity contribution is 5.77. The lowest BCUT2D eigenvalue weighted by Gasteiger charge is -2.29. The fourth-order valence-electron chi connectivity index (χ4n) is 3.51. The standard InChI is InChI=1S/C22H19FN2O/c1-2-25-20-18(23)14-9-15-19(20)24-21(25)22(26,16-10-5-3-6-11-16)17-12-7-4-8-13-17/h3-15,26H,2H2,1H3. The van der Waals surface area contributed by atoms with Gasteiger partial charge in [0.05, 0.1) is 5.52 Å². The van der Waals surface area contributed by atoms with Crippen LogP contribution in [-0.2, 0) is 12.1 Å². The van der Waals surface area contributed by atoms with Crippen molar-refractivity contribution in [1.82, 2.24) is 9.55 Å². The average molecular weight is 346 g/mol. The van der Waals surface area contributed by atoms with E-state index >= 15 is 0 Å². The Morgan fingerprint density at radius 1 is 0.885 bits per heavy atom. The normalized spacial score (nSPS) is 11.8. The van der Waals surface area contributed by atoms with Crippen molar-refractivity contribution < 1.29 is 9.50 Å². The number of fused-ring (bicyclic) bond motifs is 1. The van der Waals surface area contributed by atoms with Crippen molar-refractivity contribution >= 4 is 11.0 Å². The lowest BCUT2D eigenvalue weighted by atomic mass is 9.85. The second-order valence-electron chi connectivity index (χ2n) is 6.23. The second kappa shape index (κ2) is 6.39. The zero-order valence-corrected chi connectivity index (χ0v) is 14.4. The van der Waals surface area contributed by atoms with Gasteiger partial charge in [0, 0.05) is 6.54 Å². The van der Waals surface area contributed by atoms with Gasteiger partial charge in [-0.2, -0.15) is 0 Å². The van der Waals surface area contributed by atoms with Crippen molar-refractivity contribution in [2.75, 3.05) is 0 Å². The summed E-state index contributed by atoms with van der Waals surface area (Å²) in [4.78, 5) is 4.64. The summed E-state index contributed by atoms with van der Waals surface area (Å²) >= 11 is 0. The van der Waals surface area contributed by atoms with Crippen LogP contribution in [0.5, 0.6) is 0 Å². The summed E-state index contributed by atoms with van der Waals surface area (Å²) in [7, 11) is 0. The first-order valence-corrected chi connectivity index (χ1v) is 8.65. The molecule has 0 aliphatic carbocycles. The van der Waals surface area contributed by atoms with Gasteiger partial charge in [-0.1, -0.05) is 66.7 Å². The molecular formula is C22H19FN2O. The van der Waals surface area contributed by atoms with Gasteiger partial charge in [-0.3, -0.25) is 0 Å². The Bertz CT molecular complexity index is 1000. The van der Waals surface area contributed by atoms with Gasteiger partial charge in [0.25, 0.3) is 0 Å². The van der Waals surface area contributed by atoms with Crippen LogP contribution in [-0.4, -0.2) is 14.7 Å². The number of para-hydroxylation sites is 1. The summed E-state index contributed by atoms with van der Waals surface area (Å²) in [6.07, 6.45) is 0. The van der Waals surface area contributed by atoms with Crippen LogP contribution in [0.25, 0.3) is 11.0 Å². The van der Waals surface area contributed by atoms with Crippen molar-refractivity contribution in [3.8, 4) is 0 Å². The molecular weight excluding hydrogens is 327 g/mol. The summed E-state index contributed by atoms with van der Waals surface area (Å²) in [6.45, 7) is 2.42. The molecule has 3 aromatic carbocycles. The molecule has 4 heteroatoms. The summed E-state index contributed by atoms with van der Waals surface area (Å²) in [5.74, 6) is 0.0732. The first-order chi connectivity index (χ1) is 12.7. The summed E-state index contributed by atoms with van der Waals surface area (Å²) in [6, 6.07) is 23.6. The van der Waals surface area contributed by atoms with E-state index in [0.29, 0.717) is 34.5 Å². The van der Waals surface area contributed by atoms with Gasteiger partial charge in [0.1, 0.15) is 11.3 Å². The first-order valence-electron chi connectivity index (χ1n) is 8.65. The van der Waals surface area contributed by atoms with Crippen LogP contribution in [0.3, 0.4) is 0 Å². The maximum atomic E-state index is 14.5. The fourth-order valence-corrected chi connectivity index (χ4v) is 3.51. The lowest BCUT2D eigenvalue weighted by Crippen LogP contribution is -2.32. The number of hydrogen-bond acceptors (Lipinski definition) is 2. The Kier molecular flexibility index (Phi) is 4.05. The number of halogens is 1. The monoisotopic (exact) mass is 346 g/mol. The Labute approximate surface area is 151 Å². The number of aryl methyl sites for hydroxylation is 1. The fraction of sp³-hybridized carbons (Fsp3) is 0.136. The Morgan fingerprint density at radius 2 is 1.46 bits per heavy atom. The molecule has 4 rings (SSSR count). The second-order valence-corrected chi connectivity index (χ2v) is 6.23. The highest BCUT2D eigenvalue weighted by Crippen LogP contribution is 2.37. The number of nitrogens with zero attached hydrogens (tertiary/aromatic N) is 2. The molecule has 0 fully saturated rings. The van der Waals surface area contributed by atoms with E-state index in [1.165, 1.54) is 6.07 Å². The van der Waals surface area contributed by atoms with E-state index < -0.39 is 5.60 Å². The Hall–Kier alpha value is -2.98. The topological polar surface area (TPSA) is 38.0 Å². The molecule has 0 bridgehead atoms. The maximum absolute atomic E-state index is 14.5. The molecule has 0 atom stereocenters. The van der Waals surface area contributed by atoms with Crippen LogP contribution >= 0.6 is 0 Å². The number of aromatic nitrogens is 2. The van der Waals surface area contributed by atoms with E-state index in [2.05, 4.69) is 4.98 Å². The highest BCUT2D eigenvalue weighted by atomic mass is 19.1. The van der Waals surface area contributed by atoms with Crippen LogP contribution < -0.4 is 0 Å². The van der Waals surface area contributed by atoms with Gasteiger partial charge in [-0.25, -0.2) is 9.37 Å². The first kappa shape index (κ1) is 16.5. The number of benzene rings is 3. The third-order valence-electron chi connectivity index (χ3n) is 4.74. The molecule has 0 radical (unpaired) electrons. The van der Waals surface area contributed by atoms with Gasteiger partial charge < -0.3 is 9.67 Å². The molecule has 0 saturated heterocycles. The van der Waals surface area contributed by atoms with Gasteiger partial charge in [0.15, 0.2) is 11.4 Å². The summed E-state index contributed by atoms with van der Waals surface area (Å²) < 4.78 is 16.3. The number of hydrogen-bond donors (Lipinski definition) is 1. The molecule has 1 N–H and O–H groups in total. The Morgan fingerprint density at radius 3 is 2.00 bits per heavy atom. The van der Waals surface area contributed by atoms with Crippen molar-refractivity contribution in [3.05, 3.63) is 102 Å². The van der Waals surface area contributed by atoms with Gasteiger partial charge in [0.2, 0.25) is 0 Å². The zero-order valence-electron chi connectivity index (χ0n) is 14.4. The minimum atomic E-state index is -1.48. The van der Waals surface area contributed by atoms with E-state index in [-0.39, 0.29) is 5.82 Å². The largest absolute Gasteiger partial charge is 0.373 e. The van der Waals surface area contributed by atoms with Gasteiger partial charge in [-0.15, -0.1) is 0 Å². The van der Waals surface area contributed by atoms with Crippen molar-refractivity contribution in [1.29, 1.82) is 0 Å². The quantitative estimate of drug-likeness (QED) is 0.592. The molecule has 1 heterocycles. The molecule has 4 aromatic rings. The van der Waals surface area contributed by atoms with Crippen molar-refractivity contribution in [3.63, 3.8) is 0 Å². The zero-order chi connectivity index (χ0) is 18.1. The predicted molar refractivity (Wildman–Crippen MR) is 100 cm³/mol. The number of aliphatic hydroxyl groups is 1. The van der Waals surface area contributed by atoms with E-state index in [1.54, 1.807) is 16.7 Å². The van der Waals surface area contributed by atoms with Crippen LogP contribution in [0.2, 0.25) is 0 Å². The minimum absolute atomic E-state index is 0.341. The number of rotatable bonds is 4. The molecule has 0 aliphatic heterocycles. The number of imidazole rings is 1. The molecule has 26 heavy (non-hydrogen) atoms.